The van der Waals surface area contributed by atoms with Crippen LogP contribution in [0.2, 0.25) is 0 Å². The predicted octanol–water partition coefficient (Wildman–Crippen LogP) is 0.948. The first kappa shape index (κ1) is 17.7. The Morgan fingerprint density at radius 2 is 1.95 bits per heavy atom. The zero-order chi connectivity index (χ0) is 16.4. The van der Waals surface area contributed by atoms with Gasteiger partial charge in [0.05, 0.1) is 0 Å². The van der Waals surface area contributed by atoms with Crippen LogP contribution in [0.1, 0.15) is 35.1 Å². The Bertz CT molecular complexity index is 620. The maximum absolute atomic E-state index is 12.4. The first-order valence-electron chi connectivity index (χ1n) is 6.65. The Balaban J connectivity index is 3.01. The first-order valence-corrected chi connectivity index (χ1v) is 8.14. The molecule has 0 bridgehead atoms. The molecule has 0 spiro atoms. The summed E-state index contributed by atoms with van der Waals surface area (Å²) in [5.41, 5.74) is 0.471. The van der Waals surface area contributed by atoms with Gasteiger partial charge in [0.25, 0.3) is 0 Å². The Morgan fingerprint density at radius 1 is 1.38 bits per heavy atom. The summed E-state index contributed by atoms with van der Waals surface area (Å²) in [6.45, 7) is 5.59. The lowest BCUT2D eigenvalue weighted by atomic mass is 10.2. The van der Waals surface area contributed by atoms with Crippen LogP contribution >= 0.6 is 0 Å². The average molecular weight is 317 g/mol. The van der Waals surface area contributed by atoms with E-state index in [2.05, 4.69) is 9.71 Å². The van der Waals surface area contributed by atoms with Crippen molar-refractivity contribution in [1.82, 2.24) is 14.6 Å². The van der Waals surface area contributed by atoms with E-state index in [1.165, 1.54) is 6.92 Å². The second kappa shape index (κ2) is 6.59. The highest BCUT2D eigenvalue weighted by Crippen LogP contribution is 2.23. The lowest BCUT2D eigenvalue weighted by Crippen LogP contribution is -2.35. The van der Waals surface area contributed by atoms with Crippen molar-refractivity contribution >= 4 is 16.0 Å². The van der Waals surface area contributed by atoms with E-state index >= 15 is 0 Å². The lowest BCUT2D eigenvalue weighted by Gasteiger charge is -2.17. The normalized spacial score (nSPS) is 13.6. The van der Waals surface area contributed by atoms with E-state index in [0.29, 0.717) is 12.1 Å². The summed E-state index contributed by atoms with van der Waals surface area (Å²) in [7, 11) is 0.0904. The molecule has 1 aromatic heterocycles. The second-order valence-electron chi connectivity index (χ2n) is 5.50. The van der Waals surface area contributed by atoms with Gasteiger partial charge in [-0.1, -0.05) is 0 Å². The molecule has 0 aliphatic rings. The van der Waals surface area contributed by atoms with Crippen LogP contribution in [0.15, 0.2) is 4.90 Å². The van der Waals surface area contributed by atoms with Crippen molar-refractivity contribution in [3.05, 3.63) is 17.0 Å². The molecule has 0 fully saturated rings. The molecule has 0 saturated carbocycles. The van der Waals surface area contributed by atoms with Gasteiger partial charge in [0.15, 0.2) is 0 Å². The minimum Gasteiger partial charge on any atom is -0.477 e. The molecule has 120 valence electrons. The summed E-state index contributed by atoms with van der Waals surface area (Å²) >= 11 is 0. The third kappa shape index (κ3) is 4.29. The molecule has 0 aliphatic heterocycles. The van der Waals surface area contributed by atoms with Crippen LogP contribution in [-0.4, -0.2) is 56.1 Å². The summed E-state index contributed by atoms with van der Waals surface area (Å²) in [5, 5.41) is 9.04. The highest BCUT2D eigenvalue weighted by Gasteiger charge is 2.27. The van der Waals surface area contributed by atoms with Gasteiger partial charge >= 0.3 is 5.97 Å². The third-order valence-electron chi connectivity index (χ3n) is 3.22. The van der Waals surface area contributed by atoms with Gasteiger partial charge in [-0.3, -0.25) is 0 Å². The fourth-order valence-electron chi connectivity index (χ4n) is 2.18. The number of hydrogen-bond donors (Lipinski definition) is 3. The zero-order valence-corrected chi connectivity index (χ0v) is 13.8. The summed E-state index contributed by atoms with van der Waals surface area (Å²) in [6.07, 6.45) is 0.667. The van der Waals surface area contributed by atoms with Gasteiger partial charge in [-0.15, -0.1) is 0 Å². The van der Waals surface area contributed by atoms with Crippen molar-refractivity contribution in [3.8, 4) is 0 Å². The van der Waals surface area contributed by atoms with E-state index in [9.17, 15) is 13.2 Å². The number of hydrogen-bond acceptors (Lipinski definition) is 4. The van der Waals surface area contributed by atoms with Crippen molar-refractivity contribution in [2.45, 2.75) is 38.1 Å². The number of rotatable bonds is 7. The van der Waals surface area contributed by atoms with E-state index in [1.54, 1.807) is 13.8 Å². The third-order valence-corrected chi connectivity index (χ3v) is 5.08. The van der Waals surface area contributed by atoms with Crippen LogP contribution in [0.4, 0.5) is 0 Å². The molecule has 0 radical (unpaired) electrons. The second-order valence-corrected chi connectivity index (χ2v) is 7.15. The molecule has 7 nitrogen and oxygen atoms in total. The fraction of sp³-hybridized carbons (Fsp3) is 0.615. The molecule has 3 N–H and O–H groups in total. The van der Waals surface area contributed by atoms with Gasteiger partial charge < -0.3 is 15.0 Å². The quantitative estimate of drug-likeness (QED) is 0.695. The molecule has 1 heterocycles. The monoisotopic (exact) mass is 317 g/mol. The molecule has 1 aromatic rings. The molecule has 0 aromatic carbocycles. The lowest BCUT2D eigenvalue weighted by molar-refractivity contribution is 0.0690. The Morgan fingerprint density at radius 3 is 2.38 bits per heavy atom. The molecule has 0 aliphatic carbocycles. The minimum atomic E-state index is -3.74. The largest absolute Gasteiger partial charge is 0.477 e. The Kier molecular flexibility index (Phi) is 5.54. The van der Waals surface area contributed by atoms with Crippen molar-refractivity contribution < 1.29 is 18.3 Å². The fourth-order valence-corrected chi connectivity index (χ4v) is 3.91. The van der Waals surface area contributed by atoms with E-state index in [-0.39, 0.29) is 22.2 Å². The number of nitrogens with zero attached hydrogens (tertiary/aromatic N) is 1. The van der Waals surface area contributed by atoms with E-state index in [0.717, 1.165) is 6.54 Å². The number of aryl methyl sites for hydroxylation is 1. The average Bonchev–Trinajstić information content (AvgIpc) is 2.62. The summed E-state index contributed by atoms with van der Waals surface area (Å²) in [5.74, 6) is -1.17. The zero-order valence-electron chi connectivity index (χ0n) is 13.0. The summed E-state index contributed by atoms with van der Waals surface area (Å²) in [6, 6.07) is -0.237. The molecule has 1 rings (SSSR count). The predicted molar refractivity (Wildman–Crippen MR) is 80.2 cm³/mol. The van der Waals surface area contributed by atoms with Crippen LogP contribution < -0.4 is 4.72 Å². The van der Waals surface area contributed by atoms with Crippen molar-refractivity contribution in [2.24, 2.45) is 0 Å². The Hall–Kier alpha value is -1.38. The summed E-state index contributed by atoms with van der Waals surface area (Å²) < 4.78 is 27.4. The van der Waals surface area contributed by atoms with Gasteiger partial charge in [-0.05, 0) is 47.8 Å². The van der Waals surface area contributed by atoms with Crippen molar-refractivity contribution in [1.29, 1.82) is 0 Å². The number of nitrogens with one attached hydrogen (secondary N) is 2. The molecule has 21 heavy (non-hydrogen) atoms. The van der Waals surface area contributed by atoms with Gasteiger partial charge in [0, 0.05) is 17.3 Å². The van der Waals surface area contributed by atoms with Gasteiger partial charge in [0.1, 0.15) is 10.6 Å². The van der Waals surface area contributed by atoms with Gasteiger partial charge in [0.2, 0.25) is 10.0 Å². The molecule has 1 unspecified atom stereocenters. The van der Waals surface area contributed by atoms with E-state index in [4.69, 9.17) is 5.11 Å². The van der Waals surface area contributed by atoms with Crippen molar-refractivity contribution in [2.75, 3.05) is 20.6 Å². The molecular formula is C13H23N3O4S. The number of sulfonamides is 1. The standard InChI is InChI=1S/C13H23N3O4S/c1-8(6-7-16(4)5)15-21(19,20)12-9(2)11(13(17)18)14-10(12)3/h8,14-15H,6-7H2,1-5H3,(H,17,18). The molecule has 0 amide bonds. The van der Waals surface area contributed by atoms with Crippen LogP contribution in [0.3, 0.4) is 0 Å². The van der Waals surface area contributed by atoms with Crippen LogP contribution in [0.5, 0.6) is 0 Å². The smallest absolute Gasteiger partial charge is 0.352 e. The highest BCUT2D eigenvalue weighted by atomic mass is 32.2. The Labute approximate surface area is 125 Å². The topological polar surface area (TPSA) is 102 Å². The first-order chi connectivity index (χ1) is 9.56. The number of carboxylic acids is 1. The van der Waals surface area contributed by atoms with Crippen molar-refractivity contribution in [3.63, 3.8) is 0 Å². The van der Waals surface area contributed by atoms with Crippen LogP contribution in [0, 0.1) is 13.8 Å². The van der Waals surface area contributed by atoms with Gasteiger partial charge in [-0.2, -0.15) is 0 Å². The van der Waals surface area contributed by atoms with E-state index < -0.39 is 16.0 Å². The number of aromatic carboxylic acids is 1. The number of carbonyl (C=O) groups is 1. The molecule has 1 atom stereocenters. The van der Waals surface area contributed by atoms with Gasteiger partial charge in [-0.25, -0.2) is 17.9 Å². The number of aromatic nitrogens is 1. The highest BCUT2D eigenvalue weighted by molar-refractivity contribution is 7.89. The molecule has 8 heteroatoms. The minimum absolute atomic E-state index is 0.0246. The van der Waals surface area contributed by atoms with Crippen LogP contribution in [0.25, 0.3) is 0 Å². The maximum atomic E-state index is 12.4. The SMILES string of the molecule is Cc1[nH]c(C(=O)O)c(C)c1S(=O)(=O)NC(C)CCN(C)C. The molecular weight excluding hydrogens is 294 g/mol. The number of carboxylic acid groups (broad SMARTS) is 1. The van der Waals surface area contributed by atoms with E-state index in [1.807, 2.05) is 19.0 Å². The number of H-pyrrole nitrogens is 1. The number of aromatic amines is 1. The maximum Gasteiger partial charge on any atom is 0.352 e. The molecule has 0 saturated heterocycles. The van der Waals surface area contributed by atoms with Crippen LogP contribution in [-0.2, 0) is 10.0 Å². The summed E-state index contributed by atoms with van der Waals surface area (Å²) in [4.78, 5) is 15.7.